The van der Waals surface area contributed by atoms with Gasteiger partial charge in [-0.25, -0.2) is 9.97 Å². The maximum Gasteiger partial charge on any atom is 0.235 e. The molecule has 0 unspecified atom stereocenters. The average molecular weight is 614 g/mol. The average Bonchev–Trinajstić information content (AvgIpc) is 3.69. The summed E-state index contributed by atoms with van der Waals surface area (Å²) in [5.41, 5.74) is 9.87. The van der Waals surface area contributed by atoms with Gasteiger partial charge in [0.1, 0.15) is 11.2 Å². The number of rotatable bonds is 4. The van der Waals surface area contributed by atoms with Crippen molar-refractivity contribution in [1.82, 2.24) is 14.5 Å². The third-order valence-electron chi connectivity index (χ3n) is 9.40. The fourth-order valence-corrected chi connectivity index (χ4v) is 7.13. The van der Waals surface area contributed by atoms with Crippen molar-refractivity contribution >= 4 is 54.5 Å². The first-order chi connectivity index (χ1) is 23.8. The van der Waals surface area contributed by atoms with Crippen molar-refractivity contribution in [2.75, 3.05) is 0 Å². The molecule has 0 bridgehead atoms. The van der Waals surface area contributed by atoms with E-state index in [2.05, 4.69) is 144 Å². The second-order valence-corrected chi connectivity index (χ2v) is 12.2. The van der Waals surface area contributed by atoms with Crippen molar-refractivity contribution in [1.29, 1.82) is 0 Å². The first-order valence-electron chi connectivity index (χ1n) is 16.2. The van der Waals surface area contributed by atoms with Crippen LogP contribution in [-0.2, 0) is 0 Å². The van der Waals surface area contributed by atoms with Gasteiger partial charge in [0.05, 0.1) is 22.4 Å². The molecule has 224 valence electrons. The standard InChI is InChI=1S/C44H27N3O/c1-3-12-28(13-4-1)38-27-39(29-14-5-2-6-15-29)46-44(45-38)47-40-25-31-17-8-7-16-30(31)24-37(40)36-20-11-19-33(43(36)47)32-22-23-35-34-18-9-10-21-41(34)48-42(35)26-32/h1-27H. The monoisotopic (exact) mass is 613 g/mol. The van der Waals surface area contributed by atoms with E-state index in [-0.39, 0.29) is 0 Å². The molecule has 0 aliphatic carbocycles. The van der Waals surface area contributed by atoms with Gasteiger partial charge >= 0.3 is 0 Å². The summed E-state index contributed by atoms with van der Waals surface area (Å²) in [6.45, 7) is 0. The van der Waals surface area contributed by atoms with Crippen LogP contribution in [0.4, 0.5) is 0 Å². The molecule has 3 aromatic heterocycles. The van der Waals surface area contributed by atoms with Gasteiger partial charge in [-0.3, -0.25) is 4.57 Å². The Kier molecular flexibility index (Phi) is 5.84. The molecule has 0 aliphatic heterocycles. The molecule has 0 radical (unpaired) electrons. The molecule has 0 N–H and O–H groups in total. The Morgan fingerprint density at radius 1 is 0.417 bits per heavy atom. The van der Waals surface area contributed by atoms with E-state index in [0.717, 1.165) is 77.4 Å². The van der Waals surface area contributed by atoms with Gasteiger partial charge < -0.3 is 4.42 Å². The summed E-state index contributed by atoms with van der Waals surface area (Å²) in [4.78, 5) is 10.6. The van der Waals surface area contributed by atoms with Gasteiger partial charge in [0.2, 0.25) is 5.95 Å². The van der Waals surface area contributed by atoms with Crippen molar-refractivity contribution in [2.45, 2.75) is 0 Å². The number of nitrogens with zero attached hydrogens (tertiary/aromatic N) is 3. The highest BCUT2D eigenvalue weighted by Gasteiger charge is 2.21. The lowest BCUT2D eigenvalue weighted by Crippen LogP contribution is -2.04. The van der Waals surface area contributed by atoms with Gasteiger partial charge in [-0.15, -0.1) is 0 Å². The van der Waals surface area contributed by atoms with Crippen LogP contribution in [0.5, 0.6) is 0 Å². The lowest BCUT2D eigenvalue weighted by Gasteiger charge is -2.14. The molecule has 0 saturated heterocycles. The molecular formula is C44H27N3O. The first-order valence-corrected chi connectivity index (χ1v) is 16.2. The molecule has 3 heterocycles. The highest BCUT2D eigenvalue weighted by molar-refractivity contribution is 6.17. The van der Waals surface area contributed by atoms with Gasteiger partial charge in [-0.1, -0.05) is 127 Å². The quantitative estimate of drug-likeness (QED) is 0.198. The Labute approximate surface area is 276 Å². The summed E-state index contributed by atoms with van der Waals surface area (Å²) < 4.78 is 8.61. The molecule has 48 heavy (non-hydrogen) atoms. The van der Waals surface area contributed by atoms with Crippen LogP contribution in [-0.4, -0.2) is 14.5 Å². The number of para-hydroxylation sites is 2. The molecule has 0 fully saturated rings. The zero-order chi connectivity index (χ0) is 31.6. The van der Waals surface area contributed by atoms with E-state index in [1.54, 1.807) is 0 Å². The smallest absolute Gasteiger partial charge is 0.235 e. The van der Waals surface area contributed by atoms with Crippen molar-refractivity contribution in [3.05, 3.63) is 164 Å². The van der Waals surface area contributed by atoms with E-state index >= 15 is 0 Å². The maximum atomic E-state index is 6.35. The Bertz CT molecular complexity index is 2770. The summed E-state index contributed by atoms with van der Waals surface area (Å²) in [6.07, 6.45) is 0. The van der Waals surface area contributed by atoms with Crippen LogP contribution in [0.3, 0.4) is 0 Å². The third-order valence-corrected chi connectivity index (χ3v) is 9.40. The highest BCUT2D eigenvalue weighted by atomic mass is 16.3. The lowest BCUT2D eigenvalue weighted by molar-refractivity contribution is 0.669. The fraction of sp³-hybridized carbons (Fsp3) is 0. The van der Waals surface area contributed by atoms with Gasteiger partial charge in [0.15, 0.2) is 0 Å². The minimum absolute atomic E-state index is 0.628. The van der Waals surface area contributed by atoms with Gasteiger partial charge in [-0.05, 0) is 52.7 Å². The molecule has 10 aromatic rings. The van der Waals surface area contributed by atoms with Crippen LogP contribution in [0.2, 0.25) is 0 Å². The number of furan rings is 1. The second kappa shape index (κ2) is 10.5. The Morgan fingerprint density at radius 2 is 1.04 bits per heavy atom. The normalized spacial score (nSPS) is 11.8. The third kappa shape index (κ3) is 4.16. The number of hydrogen-bond donors (Lipinski definition) is 0. The number of hydrogen-bond acceptors (Lipinski definition) is 3. The summed E-state index contributed by atoms with van der Waals surface area (Å²) in [6, 6.07) is 57.2. The SMILES string of the molecule is c1ccc(-c2cc(-c3ccccc3)nc(-n3c4cc5ccccc5cc4c4cccc(-c5ccc6c(c5)oc5ccccc56)c43)n2)cc1. The highest BCUT2D eigenvalue weighted by Crippen LogP contribution is 2.41. The molecule has 7 aromatic carbocycles. The topological polar surface area (TPSA) is 43.9 Å². The van der Waals surface area contributed by atoms with E-state index in [4.69, 9.17) is 14.4 Å². The van der Waals surface area contributed by atoms with E-state index in [1.807, 2.05) is 24.3 Å². The van der Waals surface area contributed by atoms with Crippen LogP contribution >= 0.6 is 0 Å². The Hall–Kier alpha value is -6.52. The Morgan fingerprint density at radius 3 is 1.79 bits per heavy atom. The van der Waals surface area contributed by atoms with Crippen LogP contribution in [0.25, 0.3) is 94.1 Å². The Balaban J connectivity index is 1.32. The molecule has 0 spiro atoms. The minimum Gasteiger partial charge on any atom is -0.456 e. The minimum atomic E-state index is 0.628. The zero-order valence-electron chi connectivity index (χ0n) is 25.8. The van der Waals surface area contributed by atoms with Crippen LogP contribution in [0.1, 0.15) is 0 Å². The van der Waals surface area contributed by atoms with Gasteiger partial charge in [0.25, 0.3) is 0 Å². The first kappa shape index (κ1) is 26.7. The van der Waals surface area contributed by atoms with E-state index in [9.17, 15) is 0 Å². The molecule has 10 rings (SSSR count). The molecule has 0 amide bonds. The largest absolute Gasteiger partial charge is 0.456 e. The number of aromatic nitrogens is 3. The van der Waals surface area contributed by atoms with E-state index in [1.165, 1.54) is 10.8 Å². The molecule has 4 nitrogen and oxygen atoms in total. The summed E-state index contributed by atoms with van der Waals surface area (Å²) >= 11 is 0. The summed E-state index contributed by atoms with van der Waals surface area (Å²) in [5.74, 6) is 0.628. The summed E-state index contributed by atoms with van der Waals surface area (Å²) in [7, 11) is 0. The van der Waals surface area contributed by atoms with E-state index < -0.39 is 0 Å². The predicted octanol–water partition coefficient (Wildman–Crippen LogP) is 11.6. The number of benzene rings is 7. The van der Waals surface area contributed by atoms with E-state index in [0.29, 0.717) is 5.95 Å². The van der Waals surface area contributed by atoms with Crippen LogP contribution in [0, 0.1) is 0 Å². The van der Waals surface area contributed by atoms with Crippen molar-refractivity contribution in [2.24, 2.45) is 0 Å². The molecule has 0 aliphatic rings. The second-order valence-electron chi connectivity index (χ2n) is 12.2. The van der Waals surface area contributed by atoms with Crippen LogP contribution in [0.15, 0.2) is 168 Å². The van der Waals surface area contributed by atoms with Crippen molar-refractivity contribution < 1.29 is 4.42 Å². The maximum absolute atomic E-state index is 6.35. The molecular weight excluding hydrogens is 587 g/mol. The van der Waals surface area contributed by atoms with Crippen molar-refractivity contribution in [3.8, 4) is 39.6 Å². The summed E-state index contributed by atoms with van der Waals surface area (Å²) in [5, 5.41) is 6.90. The fourth-order valence-electron chi connectivity index (χ4n) is 7.13. The van der Waals surface area contributed by atoms with Crippen LogP contribution < -0.4 is 0 Å². The number of fused-ring (bicyclic) bond motifs is 7. The lowest BCUT2D eigenvalue weighted by atomic mass is 10.00. The van der Waals surface area contributed by atoms with Gasteiger partial charge in [-0.2, -0.15) is 0 Å². The molecule has 0 saturated carbocycles. The molecule has 4 heteroatoms. The van der Waals surface area contributed by atoms with Crippen molar-refractivity contribution in [3.63, 3.8) is 0 Å². The predicted molar refractivity (Wildman–Crippen MR) is 197 cm³/mol. The zero-order valence-corrected chi connectivity index (χ0v) is 25.8. The van der Waals surface area contributed by atoms with Gasteiger partial charge in [0, 0.05) is 38.2 Å². The molecule has 0 atom stereocenters.